The third-order valence-electron chi connectivity index (χ3n) is 3.15. The van der Waals surface area contributed by atoms with Crippen LogP contribution < -0.4 is 4.74 Å². The maximum absolute atomic E-state index is 9.12. The second kappa shape index (κ2) is 7.03. The summed E-state index contributed by atoms with van der Waals surface area (Å²) in [5.74, 6) is 0.635. The van der Waals surface area contributed by atoms with Gasteiger partial charge in [0.25, 0.3) is 0 Å². The Morgan fingerprint density at radius 2 is 2.20 bits per heavy atom. The molecule has 0 saturated carbocycles. The number of ether oxygens (including phenoxy) is 1. The summed E-state index contributed by atoms with van der Waals surface area (Å²) in [5.41, 5.74) is 1.94. The third-order valence-corrected chi connectivity index (χ3v) is 3.15. The minimum absolute atomic E-state index is 0.122. The van der Waals surface area contributed by atoms with Crippen molar-refractivity contribution in [2.75, 3.05) is 26.8 Å². The highest BCUT2D eigenvalue weighted by atomic mass is 16.5. The zero-order valence-electron chi connectivity index (χ0n) is 11.7. The number of methoxy groups -OCH3 is 1. The minimum Gasteiger partial charge on any atom is -0.481 e. The van der Waals surface area contributed by atoms with Gasteiger partial charge in [-0.1, -0.05) is 24.3 Å². The monoisotopic (exact) mass is 272 g/mol. The van der Waals surface area contributed by atoms with Crippen LogP contribution in [-0.4, -0.2) is 41.8 Å². The molecule has 0 fully saturated rings. The van der Waals surface area contributed by atoms with Crippen LogP contribution in [0.4, 0.5) is 0 Å². The Morgan fingerprint density at radius 1 is 1.40 bits per heavy atom. The summed E-state index contributed by atoms with van der Waals surface area (Å²) in [7, 11) is 1.63. The Labute approximate surface area is 119 Å². The molecule has 0 unspecified atom stereocenters. The van der Waals surface area contributed by atoms with Crippen molar-refractivity contribution in [1.29, 1.82) is 0 Å². The van der Waals surface area contributed by atoms with E-state index >= 15 is 0 Å². The number of benzene rings is 1. The molecule has 0 aliphatic heterocycles. The van der Waals surface area contributed by atoms with E-state index in [2.05, 4.69) is 22.5 Å². The fourth-order valence-electron chi connectivity index (χ4n) is 2.23. The molecule has 1 aromatic carbocycles. The van der Waals surface area contributed by atoms with Gasteiger partial charge >= 0.3 is 0 Å². The van der Waals surface area contributed by atoms with Gasteiger partial charge in [0.05, 0.1) is 19.2 Å². The van der Waals surface area contributed by atoms with Crippen LogP contribution in [-0.2, 0) is 6.54 Å². The summed E-state index contributed by atoms with van der Waals surface area (Å²) in [6.07, 6.45) is 1.83. The molecule has 0 spiro atoms. The van der Waals surface area contributed by atoms with Crippen LogP contribution in [0.3, 0.4) is 0 Å². The van der Waals surface area contributed by atoms with Crippen molar-refractivity contribution in [3.05, 3.63) is 48.6 Å². The third kappa shape index (κ3) is 3.35. The largest absolute Gasteiger partial charge is 0.481 e. The van der Waals surface area contributed by atoms with E-state index in [9.17, 15) is 0 Å². The van der Waals surface area contributed by atoms with E-state index in [1.807, 2.05) is 30.3 Å². The molecule has 0 atom stereocenters. The number of para-hydroxylation sites is 1. The molecule has 0 radical (unpaired) electrons. The number of hydrogen-bond acceptors (Lipinski definition) is 4. The number of aliphatic hydroxyl groups is 1. The van der Waals surface area contributed by atoms with Gasteiger partial charge in [-0.05, 0) is 12.1 Å². The van der Waals surface area contributed by atoms with Crippen LogP contribution in [0, 0.1) is 0 Å². The molecule has 0 aliphatic rings. The summed E-state index contributed by atoms with van der Waals surface area (Å²) >= 11 is 0. The molecule has 4 nitrogen and oxygen atoms in total. The van der Waals surface area contributed by atoms with Crippen molar-refractivity contribution in [1.82, 2.24) is 9.88 Å². The predicted molar refractivity (Wildman–Crippen MR) is 80.9 cm³/mol. The number of aliphatic hydroxyl groups excluding tert-OH is 1. The molecule has 0 aliphatic carbocycles. The Bertz CT molecular complexity index is 584. The van der Waals surface area contributed by atoms with Gasteiger partial charge in [0.2, 0.25) is 5.88 Å². The summed E-state index contributed by atoms with van der Waals surface area (Å²) in [5, 5.41) is 10.2. The van der Waals surface area contributed by atoms with Crippen molar-refractivity contribution in [2.24, 2.45) is 0 Å². The molecular weight excluding hydrogens is 252 g/mol. The molecule has 20 heavy (non-hydrogen) atoms. The van der Waals surface area contributed by atoms with E-state index in [1.165, 1.54) is 0 Å². The maximum atomic E-state index is 9.12. The molecular formula is C16H20N2O2. The smallest absolute Gasteiger partial charge is 0.218 e. The van der Waals surface area contributed by atoms with Crippen molar-refractivity contribution >= 4 is 10.9 Å². The van der Waals surface area contributed by atoms with E-state index < -0.39 is 0 Å². The number of rotatable bonds is 7. The SMILES string of the molecule is C=CCN(CCO)Cc1cc2ccccc2nc1OC. The Kier molecular flexibility index (Phi) is 5.09. The molecule has 0 saturated heterocycles. The van der Waals surface area contributed by atoms with Crippen molar-refractivity contribution < 1.29 is 9.84 Å². The minimum atomic E-state index is 0.122. The molecule has 2 rings (SSSR count). The first kappa shape index (κ1) is 14.5. The lowest BCUT2D eigenvalue weighted by molar-refractivity contribution is 0.201. The lowest BCUT2D eigenvalue weighted by Gasteiger charge is -2.20. The van der Waals surface area contributed by atoms with Gasteiger partial charge in [-0.2, -0.15) is 0 Å². The normalized spacial score (nSPS) is 10.9. The fraction of sp³-hybridized carbons (Fsp3) is 0.312. The Balaban J connectivity index is 2.33. The van der Waals surface area contributed by atoms with Gasteiger partial charge in [-0.3, -0.25) is 4.90 Å². The highest BCUT2D eigenvalue weighted by molar-refractivity contribution is 5.80. The van der Waals surface area contributed by atoms with Crippen LogP contribution in [0.2, 0.25) is 0 Å². The molecule has 1 aromatic heterocycles. The van der Waals surface area contributed by atoms with E-state index in [4.69, 9.17) is 9.84 Å². The fourth-order valence-corrected chi connectivity index (χ4v) is 2.23. The molecule has 0 bridgehead atoms. The van der Waals surface area contributed by atoms with Crippen LogP contribution in [0.1, 0.15) is 5.56 Å². The Hall–Kier alpha value is -1.91. The first-order chi connectivity index (χ1) is 9.78. The topological polar surface area (TPSA) is 45.6 Å². The van der Waals surface area contributed by atoms with Crippen molar-refractivity contribution in [3.8, 4) is 5.88 Å². The lowest BCUT2D eigenvalue weighted by atomic mass is 10.1. The van der Waals surface area contributed by atoms with Gasteiger partial charge < -0.3 is 9.84 Å². The van der Waals surface area contributed by atoms with Gasteiger partial charge in [0, 0.05) is 30.6 Å². The number of hydrogen-bond donors (Lipinski definition) is 1. The molecule has 0 amide bonds. The second-order valence-electron chi connectivity index (χ2n) is 4.60. The standard InChI is InChI=1S/C16H20N2O2/c1-3-8-18(9-10-19)12-14-11-13-6-4-5-7-15(13)17-16(14)20-2/h3-7,11,19H,1,8-10,12H2,2H3. The van der Waals surface area contributed by atoms with Crippen LogP contribution in [0.25, 0.3) is 10.9 Å². The van der Waals surface area contributed by atoms with Gasteiger partial charge in [-0.15, -0.1) is 6.58 Å². The first-order valence-corrected chi connectivity index (χ1v) is 6.65. The van der Waals surface area contributed by atoms with E-state index in [-0.39, 0.29) is 6.61 Å². The van der Waals surface area contributed by atoms with E-state index in [0.717, 1.165) is 23.0 Å². The summed E-state index contributed by atoms with van der Waals surface area (Å²) in [4.78, 5) is 6.63. The average molecular weight is 272 g/mol. The summed E-state index contributed by atoms with van der Waals surface area (Å²) in [6.45, 7) is 5.86. The Morgan fingerprint density at radius 3 is 2.90 bits per heavy atom. The summed E-state index contributed by atoms with van der Waals surface area (Å²) in [6, 6.07) is 10.1. The number of fused-ring (bicyclic) bond motifs is 1. The molecule has 1 N–H and O–H groups in total. The zero-order chi connectivity index (χ0) is 14.4. The predicted octanol–water partition coefficient (Wildman–Crippen LogP) is 2.22. The second-order valence-corrected chi connectivity index (χ2v) is 4.60. The quantitative estimate of drug-likeness (QED) is 0.785. The number of pyridine rings is 1. The highest BCUT2D eigenvalue weighted by Gasteiger charge is 2.11. The zero-order valence-corrected chi connectivity index (χ0v) is 11.7. The van der Waals surface area contributed by atoms with Crippen molar-refractivity contribution in [2.45, 2.75) is 6.54 Å². The van der Waals surface area contributed by atoms with E-state index in [1.54, 1.807) is 7.11 Å². The molecule has 1 heterocycles. The number of nitrogens with zero attached hydrogens (tertiary/aromatic N) is 2. The van der Waals surface area contributed by atoms with Gasteiger partial charge in [0.15, 0.2) is 0 Å². The number of aromatic nitrogens is 1. The van der Waals surface area contributed by atoms with E-state index in [0.29, 0.717) is 19.0 Å². The van der Waals surface area contributed by atoms with Gasteiger partial charge in [0.1, 0.15) is 0 Å². The van der Waals surface area contributed by atoms with Crippen molar-refractivity contribution in [3.63, 3.8) is 0 Å². The molecule has 2 aromatic rings. The maximum Gasteiger partial charge on any atom is 0.218 e. The van der Waals surface area contributed by atoms with Crippen LogP contribution in [0.5, 0.6) is 5.88 Å². The average Bonchev–Trinajstić information content (AvgIpc) is 2.47. The lowest BCUT2D eigenvalue weighted by Crippen LogP contribution is -2.26. The molecule has 106 valence electrons. The highest BCUT2D eigenvalue weighted by Crippen LogP contribution is 2.23. The molecule has 4 heteroatoms. The first-order valence-electron chi connectivity index (χ1n) is 6.65. The summed E-state index contributed by atoms with van der Waals surface area (Å²) < 4.78 is 5.38. The van der Waals surface area contributed by atoms with Crippen LogP contribution in [0.15, 0.2) is 43.0 Å². The van der Waals surface area contributed by atoms with Gasteiger partial charge in [-0.25, -0.2) is 4.98 Å². The van der Waals surface area contributed by atoms with Crippen LogP contribution >= 0.6 is 0 Å².